The molecule has 0 unspecified atom stereocenters. The number of aliphatic carboxylic acids is 1. The summed E-state index contributed by atoms with van der Waals surface area (Å²) >= 11 is 0. The molecule has 0 atom stereocenters. The predicted molar refractivity (Wildman–Crippen MR) is 129 cm³/mol. The molecule has 0 radical (unpaired) electrons. The van der Waals surface area contributed by atoms with Gasteiger partial charge in [0, 0.05) is 17.2 Å². The molecule has 0 aliphatic heterocycles. The van der Waals surface area contributed by atoms with E-state index in [1.807, 2.05) is 36.4 Å². The fraction of sp³-hybridized carbons (Fsp3) is 0.222. The number of ether oxygens (including phenoxy) is 1. The van der Waals surface area contributed by atoms with Gasteiger partial charge < -0.3 is 15.2 Å². The number of carbonyl (C=O) groups excluding carboxylic acids is 2. The number of fused-ring (bicyclic) bond motifs is 3. The number of anilines is 1. The van der Waals surface area contributed by atoms with Crippen LogP contribution < -0.4 is 10.6 Å². The monoisotopic (exact) mass is 458 g/mol. The first kappa shape index (κ1) is 23.0. The van der Waals surface area contributed by atoms with E-state index in [-0.39, 0.29) is 18.1 Å². The average molecular weight is 459 g/mol. The van der Waals surface area contributed by atoms with E-state index < -0.39 is 23.5 Å². The molecule has 0 aromatic heterocycles. The van der Waals surface area contributed by atoms with E-state index in [0.717, 1.165) is 27.8 Å². The minimum Gasteiger partial charge on any atom is -0.480 e. The molecular formula is C27H26N2O5. The third-order valence-electron chi connectivity index (χ3n) is 6.04. The fourth-order valence-electron chi connectivity index (χ4n) is 4.05. The number of hydrogen-bond acceptors (Lipinski definition) is 4. The molecule has 4 rings (SSSR count). The highest BCUT2D eigenvalue weighted by atomic mass is 16.5. The second kappa shape index (κ2) is 9.02. The molecule has 7 nitrogen and oxygen atoms in total. The van der Waals surface area contributed by atoms with Gasteiger partial charge >= 0.3 is 12.1 Å². The summed E-state index contributed by atoms with van der Waals surface area (Å²) in [5.41, 5.74) is 4.48. The maximum absolute atomic E-state index is 12.6. The predicted octanol–water partition coefficient (Wildman–Crippen LogP) is 4.95. The Morgan fingerprint density at radius 3 is 2.12 bits per heavy atom. The van der Waals surface area contributed by atoms with Crippen LogP contribution in [0.1, 0.15) is 46.8 Å². The molecule has 7 heteroatoms. The van der Waals surface area contributed by atoms with Crippen molar-refractivity contribution in [3.8, 4) is 11.1 Å². The Hall–Kier alpha value is -4.13. The van der Waals surface area contributed by atoms with Crippen LogP contribution in [0.15, 0.2) is 66.7 Å². The summed E-state index contributed by atoms with van der Waals surface area (Å²) in [6.07, 6.45) is -0.631. The Labute approximate surface area is 197 Å². The highest BCUT2D eigenvalue weighted by Gasteiger charge is 2.30. The van der Waals surface area contributed by atoms with Crippen LogP contribution in [-0.4, -0.2) is 35.2 Å². The van der Waals surface area contributed by atoms with E-state index in [0.29, 0.717) is 5.69 Å². The summed E-state index contributed by atoms with van der Waals surface area (Å²) in [6.45, 7) is 4.77. The van der Waals surface area contributed by atoms with Crippen LogP contribution in [0.3, 0.4) is 0 Å². The standard InChI is InChI=1S/C27H26N2O5/c1-16-12-13-17(24(30)29-27(2,3)25(31)32)14-23(16)28-26(33)34-15-22-20-10-6-4-8-18(20)19-9-5-7-11-21(19)22/h4-14,22H,15H2,1-3H3,(H,28,33)(H,29,30)(H,31,32). The second-order valence-electron chi connectivity index (χ2n) is 8.86. The molecule has 0 spiro atoms. The first-order valence-electron chi connectivity index (χ1n) is 11.0. The first-order valence-corrected chi connectivity index (χ1v) is 11.0. The molecule has 2 amide bonds. The highest BCUT2D eigenvalue weighted by Crippen LogP contribution is 2.44. The number of hydrogen-bond donors (Lipinski definition) is 3. The Bertz CT molecular complexity index is 1240. The summed E-state index contributed by atoms with van der Waals surface area (Å²) in [6, 6.07) is 20.9. The van der Waals surface area contributed by atoms with Gasteiger partial charge in [0.2, 0.25) is 0 Å². The van der Waals surface area contributed by atoms with E-state index in [9.17, 15) is 19.5 Å². The topological polar surface area (TPSA) is 105 Å². The molecule has 3 N–H and O–H groups in total. The van der Waals surface area contributed by atoms with E-state index in [4.69, 9.17) is 4.74 Å². The van der Waals surface area contributed by atoms with E-state index in [1.54, 1.807) is 19.1 Å². The SMILES string of the molecule is Cc1ccc(C(=O)NC(C)(C)C(=O)O)cc1NC(=O)OCC1c2ccccc2-c2ccccc21. The lowest BCUT2D eigenvalue weighted by Gasteiger charge is -2.21. The number of benzene rings is 3. The molecule has 1 aliphatic rings. The molecule has 0 fully saturated rings. The quantitative estimate of drug-likeness (QED) is 0.485. The molecule has 34 heavy (non-hydrogen) atoms. The van der Waals surface area contributed by atoms with Gasteiger partial charge in [-0.05, 0) is 60.7 Å². The van der Waals surface area contributed by atoms with Crippen molar-refractivity contribution in [2.75, 3.05) is 11.9 Å². The zero-order chi connectivity index (χ0) is 24.5. The van der Waals surface area contributed by atoms with Crippen molar-refractivity contribution in [3.05, 3.63) is 89.0 Å². The van der Waals surface area contributed by atoms with Gasteiger partial charge in [-0.1, -0.05) is 54.6 Å². The maximum Gasteiger partial charge on any atom is 0.411 e. The van der Waals surface area contributed by atoms with Gasteiger partial charge in [-0.2, -0.15) is 0 Å². The maximum atomic E-state index is 12.6. The molecular weight excluding hydrogens is 432 g/mol. The van der Waals surface area contributed by atoms with Crippen molar-refractivity contribution in [3.63, 3.8) is 0 Å². The third kappa shape index (κ3) is 4.50. The number of carbonyl (C=O) groups is 3. The van der Waals surface area contributed by atoms with Crippen molar-refractivity contribution < 1.29 is 24.2 Å². The molecule has 0 heterocycles. The van der Waals surface area contributed by atoms with Crippen molar-refractivity contribution in [2.45, 2.75) is 32.2 Å². The summed E-state index contributed by atoms with van der Waals surface area (Å²) in [5.74, 6) is -1.76. The minimum atomic E-state index is -1.43. The van der Waals surface area contributed by atoms with Gasteiger partial charge in [0.15, 0.2) is 0 Å². The number of aryl methyl sites for hydroxylation is 1. The summed E-state index contributed by atoms with van der Waals surface area (Å²) in [5, 5.41) is 14.4. The first-order chi connectivity index (χ1) is 16.2. The Balaban J connectivity index is 1.45. The molecule has 0 saturated heterocycles. The highest BCUT2D eigenvalue weighted by molar-refractivity contribution is 5.99. The molecule has 0 saturated carbocycles. The van der Waals surface area contributed by atoms with Crippen molar-refractivity contribution in [1.82, 2.24) is 5.32 Å². The lowest BCUT2D eigenvalue weighted by Crippen LogP contribution is -2.49. The van der Waals surface area contributed by atoms with E-state index in [1.165, 1.54) is 19.9 Å². The Morgan fingerprint density at radius 2 is 1.53 bits per heavy atom. The van der Waals surface area contributed by atoms with Crippen LogP contribution in [0.2, 0.25) is 0 Å². The van der Waals surface area contributed by atoms with E-state index >= 15 is 0 Å². The number of carboxylic acid groups (broad SMARTS) is 1. The van der Waals surface area contributed by atoms with Crippen LogP contribution in [-0.2, 0) is 9.53 Å². The van der Waals surface area contributed by atoms with Crippen molar-refractivity contribution in [2.24, 2.45) is 0 Å². The zero-order valence-electron chi connectivity index (χ0n) is 19.2. The number of carboxylic acids is 1. The van der Waals surface area contributed by atoms with Gasteiger partial charge in [-0.3, -0.25) is 10.1 Å². The van der Waals surface area contributed by atoms with Crippen LogP contribution in [0.4, 0.5) is 10.5 Å². The number of rotatable bonds is 6. The Kier molecular flexibility index (Phi) is 6.11. The Morgan fingerprint density at radius 1 is 0.941 bits per heavy atom. The van der Waals surface area contributed by atoms with Gasteiger partial charge in [-0.15, -0.1) is 0 Å². The summed E-state index contributed by atoms with van der Waals surface area (Å²) < 4.78 is 5.58. The molecule has 3 aromatic carbocycles. The summed E-state index contributed by atoms with van der Waals surface area (Å²) in [4.78, 5) is 36.5. The van der Waals surface area contributed by atoms with E-state index in [2.05, 4.69) is 22.8 Å². The normalized spacial score (nSPS) is 12.4. The van der Waals surface area contributed by atoms with Gasteiger partial charge in [0.25, 0.3) is 5.91 Å². The largest absolute Gasteiger partial charge is 0.480 e. The minimum absolute atomic E-state index is 0.0605. The average Bonchev–Trinajstić information content (AvgIpc) is 3.12. The smallest absolute Gasteiger partial charge is 0.411 e. The van der Waals surface area contributed by atoms with Gasteiger partial charge in [0.1, 0.15) is 12.1 Å². The van der Waals surface area contributed by atoms with Crippen LogP contribution >= 0.6 is 0 Å². The summed E-state index contributed by atoms with van der Waals surface area (Å²) in [7, 11) is 0. The van der Waals surface area contributed by atoms with Crippen LogP contribution in [0.25, 0.3) is 11.1 Å². The third-order valence-corrected chi connectivity index (χ3v) is 6.04. The number of amides is 2. The van der Waals surface area contributed by atoms with Gasteiger partial charge in [0.05, 0.1) is 0 Å². The van der Waals surface area contributed by atoms with Crippen molar-refractivity contribution in [1.29, 1.82) is 0 Å². The molecule has 1 aliphatic carbocycles. The lowest BCUT2D eigenvalue weighted by atomic mass is 9.98. The molecule has 174 valence electrons. The molecule has 3 aromatic rings. The number of nitrogens with one attached hydrogen (secondary N) is 2. The molecule has 0 bridgehead atoms. The fourth-order valence-corrected chi connectivity index (χ4v) is 4.05. The van der Waals surface area contributed by atoms with Crippen LogP contribution in [0, 0.1) is 6.92 Å². The van der Waals surface area contributed by atoms with Crippen LogP contribution in [0.5, 0.6) is 0 Å². The lowest BCUT2D eigenvalue weighted by molar-refractivity contribution is -0.143. The van der Waals surface area contributed by atoms with Crippen molar-refractivity contribution >= 4 is 23.7 Å². The zero-order valence-corrected chi connectivity index (χ0v) is 19.2. The van der Waals surface area contributed by atoms with Gasteiger partial charge in [-0.25, -0.2) is 9.59 Å². The second-order valence-corrected chi connectivity index (χ2v) is 8.86.